The molecular weight excluding hydrogens is 444 g/mol. The van der Waals surface area contributed by atoms with E-state index >= 15 is 0 Å². The number of para-hydroxylation sites is 2. The van der Waals surface area contributed by atoms with Crippen LogP contribution in [0.4, 0.5) is 22.7 Å². The maximum Gasteiger partial charge on any atom is 0.0816 e. The van der Waals surface area contributed by atoms with Crippen LogP contribution in [0, 0.1) is 0 Å². The van der Waals surface area contributed by atoms with Crippen molar-refractivity contribution in [2.24, 2.45) is 0 Å². The lowest BCUT2D eigenvalue weighted by Crippen LogP contribution is -2.18. The van der Waals surface area contributed by atoms with Crippen molar-refractivity contribution in [3.63, 3.8) is 0 Å². The fraction of sp³-hybridized carbons (Fsp3) is 0. The number of hydrogen-bond donors (Lipinski definition) is 0. The molecule has 3 heteroatoms. The van der Waals surface area contributed by atoms with Crippen LogP contribution in [-0.4, -0.2) is 0 Å². The van der Waals surface area contributed by atoms with Gasteiger partial charge >= 0.3 is 0 Å². The normalized spacial score (nSPS) is 11.0. The molecule has 168 valence electrons. The van der Waals surface area contributed by atoms with E-state index < -0.39 is 0 Å². The SMILES string of the molecule is c1ccc(N(SN(c2ccccc2)c2cccc3ccccc23)c2cccc3ccccc23)cc1. The summed E-state index contributed by atoms with van der Waals surface area (Å²) in [6, 6.07) is 51.4. The van der Waals surface area contributed by atoms with Crippen LogP contribution >= 0.6 is 12.1 Å². The van der Waals surface area contributed by atoms with Crippen LogP contribution in [0.2, 0.25) is 0 Å². The highest BCUT2D eigenvalue weighted by atomic mass is 32.2. The number of benzene rings is 6. The second-order valence-corrected chi connectivity index (χ2v) is 9.23. The maximum absolute atomic E-state index is 2.33. The average molecular weight is 469 g/mol. The van der Waals surface area contributed by atoms with Gasteiger partial charge in [-0.3, -0.25) is 8.61 Å². The van der Waals surface area contributed by atoms with E-state index in [0.29, 0.717) is 0 Å². The van der Waals surface area contributed by atoms with Crippen molar-refractivity contribution < 1.29 is 0 Å². The van der Waals surface area contributed by atoms with Crippen LogP contribution in [0.3, 0.4) is 0 Å². The molecule has 6 aromatic rings. The lowest BCUT2D eigenvalue weighted by Gasteiger charge is -2.32. The van der Waals surface area contributed by atoms with Crippen molar-refractivity contribution in [2.75, 3.05) is 8.61 Å². The number of rotatable bonds is 6. The highest BCUT2D eigenvalue weighted by molar-refractivity contribution is 8.02. The van der Waals surface area contributed by atoms with Gasteiger partial charge in [-0.15, -0.1) is 0 Å². The summed E-state index contributed by atoms with van der Waals surface area (Å²) in [6.07, 6.45) is 0. The smallest absolute Gasteiger partial charge is 0.0816 e. The molecule has 0 radical (unpaired) electrons. The average Bonchev–Trinajstić information content (AvgIpc) is 2.94. The third-order valence-electron chi connectivity index (χ3n) is 6.12. The van der Waals surface area contributed by atoms with Crippen molar-refractivity contribution in [1.82, 2.24) is 0 Å². The van der Waals surface area contributed by atoms with Crippen molar-refractivity contribution in [2.45, 2.75) is 0 Å². The van der Waals surface area contributed by atoms with Gasteiger partial charge in [0, 0.05) is 10.8 Å². The van der Waals surface area contributed by atoms with Gasteiger partial charge in [-0.1, -0.05) is 109 Å². The number of nitrogens with zero attached hydrogens (tertiary/aromatic N) is 2. The molecule has 0 N–H and O–H groups in total. The van der Waals surface area contributed by atoms with Gasteiger partial charge in [0.1, 0.15) is 0 Å². The van der Waals surface area contributed by atoms with E-state index in [9.17, 15) is 0 Å². The van der Waals surface area contributed by atoms with Crippen LogP contribution in [0.1, 0.15) is 0 Å². The van der Waals surface area contributed by atoms with Gasteiger partial charge in [0.05, 0.1) is 34.9 Å². The van der Waals surface area contributed by atoms with Gasteiger partial charge in [0.2, 0.25) is 0 Å². The van der Waals surface area contributed by atoms with E-state index in [2.05, 4.69) is 154 Å². The molecule has 0 aliphatic carbocycles. The van der Waals surface area contributed by atoms with Crippen molar-refractivity contribution in [1.29, 1.82) is 0 Å². The Bertz CT molecular complexity index is 1450. The Balaban J connectivity index is 1.56. The largest absolute Gasteiger partial charge is 0.266 e. The second kappa shape index (κ2) is 9.57. The van der Waals surface area contributed by atoms with E-state index in [1.165, 1.54) is 21.5 Å². The van der Waals surface area contributed by atoms with Gasteiger partial charge in [0.15, 0.2) is 0 Å². The van der Waals surface area contributed by atoms with Crippen LogP contribution in [0.5, 0.6) is 0 Å². The van der Waals surface area contributed by atoms with Crippen LogP contribution in [0.25, 0.3) is 21.5 Å². The highest BCUT2D eigenvalue weighted by Crippen LogP contribution is 2.44. The minimum Gasteiger partial charge on any atom is -0.266 e. The molecule has 0 saturated carbocycles. The van der Waals surface area contributed by atoms with Crippen LogP contribution in [-0.2, 0) is 0 Å². The monoisotopic (exact) mass is 468 g/mol. The van der Waals surface area contributed by atoms with Gasteiger partial charge in [-0.2, -0.15) is 0 Å². The zero-order valence-electron chi connectivity index (χ0n) is 19.2. The third kappa shape index (κ3) is 4.23. The van der Waals surface area contributed by atoms with Gasteiger partial charge in [-0.05, 0) is 47.2 Å². The summed E-state index contributed by atoms with van der Waals surface area (Å²) >= 11 is 1.70. The molecule has 0 unspecified atom stereocenters. The molecule has 0 aliphatic rings. The summed E-state index contributed by atoms with van der Waals surface area (Å²) in [5.41, 5.74) is 4.55. The first kappa shape index (κ1) is 21.3. The molecule has 0 spiro atoms. The highest BCUT2D eigenvalue weighted by Gasteiger charge is 2.21. The Kier molecular flexibility index (Phi) is 5.83. The molecule has 0 fully saturated rings. The molecule has 0 bridgehead atoms. The minimum atomic E-state index is 1.12. The van der Waals surface area contributed by atoms with E-state index in [1.54, 1.807) is 12.1 Å². The minimum absolute atomic E-state index is 1.12. The summed E-state index contributed by atoms with van der Waals surface area (Å²) in [7, 11) is 0. The molecule has 6 rings (SSSR count). The fourth-order valence-electron chi connectivity index (χ4n) is 4.44. The van der Waals surface area contributed by atoms with Crippen molar-refractivity contribution in [3.8, 4) is 0 Å². The predicted molar refractivity (Wildman–Crippen MR) is 153 cm³/mol. The predicted octanol–water partition coefficient (Wildman–Crippen LogP) is 9.53. The first-order valence-electron chi connectivity index (χ1n) is 11.7. The van der Waals surface area contributed by atoms with E-state index in [1.807, 2.05) is 0 Å². The van der Waals surface area contributed by atoms with E-state index in [4.69, 9.17) is 0 Å². The molecule has 0 atom stereocenters. The van der Waals surface area contributed by atoms with Crippen LogP contribution < -0.4 is 8.61 Å². The Morgan fingerprint density at radius 3 is 1.17 bits per heavy atom. The number of fused-ring (bicyclic) bond motifs is 2. The molecule has 0 saturated heterocycles. The third-order valence-corrected chi connectivity index (χ3v) is 7.26. The Labute approximate surface area is 210 Å². The fourth-order valence-corrected chi connectivity index (χ4v) is 5.53. The zero-order chi connectivity index (χ0) is 23.5. The molecule has 0 aliphatic heterocycles. The summed E-state index contributed by atoms with van der Waals surface area (Å²) in [6.45, 7) is 0. The second-order valence-electron chi connectivity index (χ2n) is 8.34. The standard InChI is InChI=1S/C32H24N2S/c1-3-17-27(18-4-1)33(31-23-11-15-25-13-7-9-21-29(25)31)35-34(28-19-5-2-6-20-28)32-24-12-16-26-14-8-10-22-30(26)32/h1-24H. The lowest BCUT2D eigenvalue weighted by atomic mass is 10.1. The Morgan fingerprint density at radius 1 is 0.343 bits per heavy atom. The summed E-state index contributed by atoms with van der Waals surface area (Å²) in [5.74, 6) is 0. The van der Waals surface area contributed by atoms with Gasteiger partial charge in [0.25, 0.3) is 0 Å². The topological polar surface area (TPSA) is 6.48 Å². The van der Waals surface area contributed by atoms with Gasteiger partial charge < -0.3 is 0 Å². The zero-order valence-corrected chi connectivity index (χ0v) is 20.0. The number of anilines is 4. The van der Waals surface area contributed by atoms with Crippen molar-refractivity contribution in [3.05, 3.63) is 146 Å². The van der Waals surface area contributed by atoms with Crippen molar-refractivity contribution >= 4 is 56.4 Å². The Morgan fingerprint density at radius 2 is 0.714 bits per heavy atom. The maximum atomic E-state index is 2.33. The molecule has 6 aromatic carbocycles. The molecule has 2 nitrogen and oxygen atoms in total. The summed E-state index contributed by atoms with van der Waals surface area (Å²) in [4.78, 5) is 0. The molecule has 35 heavy (non-hydrogen) atoms. The first-order valence-corrected chi connectivity index (χ1v) is 12.5. The quantitative estimate of drug-likeness (QED) is 0.225. The van der Waals surface area contributed by atoms with E-state index in [0.717, 1.165) is 22.7 Å². The molecule has 0 amide bonds. The molecular formula is C32H24N2S. The first-order chi connectivity index (χ1) is 17.4. The lowest BCUT2D eigenvalue weighted by molar-refractivity contribution is 1.40. The molecule has 0 heterocycles. The van der Waals surface area contributed by atoms with E-state index in [-0.39, 0.29) is 0 Å². The summed E-state index contributed by atoms with van der Waals surface area (Å²) < 4.78 is 4.66. The summed E-state index contributed by atoms with van der Waals surface area (Å²) in [5, 5.41) is 4.89. The van der Waals surface area contributed by atoms with Crippen LogP contribution in [0.15, 0.2) is 146 Å². The Hall–Kier alpha value is -4.21. The number of hydrogen-bond acceptors (Lipinski definition) is 3. The molecule has 0 aromatic heterocycles. The van der Waals surface area contributed by atoms with Gasteiger partial charge in [-0.25, -0.2) is 0 Å².